The molecular formula is C17H19FN2O4S. The van der Waals surface area contributed by atoms with Gasteiger partial charge in [-0.05, 0) is 49.9 Å². The summed E-state index contributed by atoms with van der Waals surface area (Å²) < 4.78 is 44.5. The molecule has 134 valence electrons. The number of halogens is 1. The van der Waals surface area contributed by atoms with Crippen molar-refractivity contribution >= 4 is 15.9 Å². The highest BCUT2D eigenvalue weighted by atomic mass is 32.2. The zero-order valence-corrected chi connectivity index (χ0v) is 14.9. The molecule has 25 heavy (non-hydrogen) atoms. The minimum Gasteiger partial charge on any atom is -0.494 e. The molecule has 2 N–H and O–H groups in total. The summed E-state index contributed by atoms with van der Waals surface area (Å²) in [6.45, 7) is 1.70. The van der Waals surface area contributed by atoms with Crippen LogP contribution in [0.5, 0.6) is 5.75 Å². The van der Waals surface area contributed by atoms with E-state index in [0.29, 0.717) is 5.56 Å². The summed E-state index contributed by atoms with van der Waals surface area (Å²) in [5, 5.41) is 2.71. The van der Waals surface area contributed by atoms with Gasteiger partial charge in [0.1, 0.15) is 0 Å². The second-order valence-corrected chi connectivity index (χ2v) is 7.21. The van der Waals surface area contributed by atoms with E-state index in [1.54, 1.807) is 13.0 Å². The zero-order valence-electron chi connectivity index (χ0n) is 14.0. The molecule has 6 nitrogen and oxygen atoms in total. The van der Waals surface area contributed by atoms with Crippen LogP contribution in [-0.2, 0) is 10.0 Å². The number of hydrogen-bond donors (Lipinski definition) is 2. The quantitative estimate of drug-likeness (QED) is 0.821. The Balaban J connectivity index is 2.19. The molecule has 1 amide bonds. The molecule has 0 spiro atoms. The second kappa shape index (κ2) is 7.62. The maximum absolute atomic E-state index is 13.8. The van der Waals surface area contributed by atoms with Gasteiger partial charge in [0.25, 0.3) is 5.91 Å². The lowest BCUT2D eigenvalue weighted by Crippen LogP contribution is -2.27. The highest BCUT2D eigenvalue weighted by Gasteiger charge is 2.17. The maximum atomic E-state index is 13.8. The average molecular weight is 366 g/mol. The minimum absolute atomic E-state index is 0.00852. The molecule has 0 bridgehead atoms. The fourth-order valence-electron chi connectivity index (χ4n) is 2.24. The van der Waals surface area contributed by atoms with Crippen LogP contribution in [0.3, 0.4) is 0 Å². The first-order chi connectivity index (χ1) is 11.8. The SMILES string of the molecule is CNS(=O)(=O)c1cccc(C(=O)N[C@@H](C)c2ccc(OC)c(F)c2)c1. The highest BCUT2D eigenvalue weighted by Crippen LogP contribution is 2.22. The van der Waals surface area contributed by atoms with Gasteiger partial charge in [-0.1, -0.05) is 12.1 Å². The Labute approximate surface area is 146 Å². The lowest BCUT2D eigenvalue weighted by atomic mass is 10.1. The van der Waals surface area contributed by atoms with Crippen molar-refractivity contribution in [2.24, 2.45) is 0 Å². The largest absolute Gasteiger partial charge is 0.494 e. The first-order valence-corrected chi connectivity index (χ1v) is 8.94. The highest BCUT2D eigenvalue weighted by molar-refractivity contribution is 7.89. The van der Waals surface area contributed by atoms with Crippen molar-refractivity contribution in [1.82, 2.24) is 10.0 Å². The summed E-state index contributed by atoms with van der Waals surface area (Å²) in [5.41, 5.74) is 0.753. The summed E-state index contributed by atoms with van der Waals surface area (Å²) in [4.78, 5) is 12.4. The third-order valence-electron chi connectivity index (χ3n) is 3.70. The molecule has 2 aromatic carbocycles. The van der Waals surface area contributed by atoms with Crippen LogP contribution in [0.25, 0.3) is 0 Å². The molecule has 1 atom stereocenters. The Morgan fingerprint density at radius 1 is 1.20 bits per heavy atom. The molecular weight excluding hydrogens is 347 g/mol. The monoisotopic (exact) mass is 366 g/mol. The van der Waals surface area contributed by atoms with Gasteiger partial charge in [0, 0.05) is 5.56 Å². The van der Waals surface area contributed by atoms with E-state index in [9.17, 15) is 17.6 Å². The van der Waals surface area contributed by atoms with Crippen molar-refractivity contribution in [3.8, 4) is 5.75 Å². The van der Waals surface area contributed by atoms with E-state index in [2.05, 4.69) is 10.0 Å². The molecule has 0 aliphatic heterocycles. The standard InChI is InChI=1S/C17H19FN2O4S/c1-11(12-7-8-16(24-3)15(18)10-12)20-17(21)13-5-4-6-14(9-13)25(22,23)19-2/h4-11,19H,1-3H3,(H,20,21)/t11-/m0/s1. The van der Waals surface area contributed by atoms with Gasteiger partial charge >= 0.3 is 0 Å². The van der Waals surface area contributed by atoms with E-state index < -0.39 is 27.8 Å². The molecule has 0 radical (unpaired) electrons. The Kier molecular flexibility index (Phi) is 5.76. The number of nitrogens with one attached hydrogen (secondary N) is 2. The topological polar surface area (TPSA) is 84.5 Å². The van der Waals surface area contributed by atoms with E-state index in [4.69, 9.17) is 4.74 Å². The first-order valence-electron chi connectivity index (χ1n) is 7.46. The molecule has 0 aliphatic rings. The Morgan fingerprint density at radius 3 is 2.52 bits per heavy atom. The second-order valence-electron chi connectivity index (χ2n) is 5.32. The number of amides is 1. The Morgan fingerprint density at radius 2 is 1.92 bits per heavy atom. The summed E-state index contributed by atoms with van der Waals surface area (Å²) in [5.74, 6) is -0.868. The third kappa shape index (κ3) is 4.34. The molecule has 0 aromatic heterocycles. The normalized spacial score (nSPS) is 12.5. The molecule has 2 rings (SSSR count). The fraction of sp³-hybridized carbons (Fsp3) is 0.235. The maximum Gasteiger partial charge on any atom is 0.251 e. The number of hydrogen-bond acceptors (Lipinski definition) is 4. The van der Waals surface area contributed by atoms with Gasteiger partial charge in [0.2, 0.25) is 10.0 Å². The van der Waals surface area contributed by atoms with Crippen LogP contribution in [0, 0.1) is 5.82 Å². The molecule has 0 fully saturated rings. The molecule has 2 aromatic rings. The molecule has 0 heterocycles. The number of carbonyl (C=O) groups is 1. The number of carbonyl (C=O) groups excluding carboxylic acids is 1. The van der Waals surface area contributed by atoms with Gasteiger partial charge in [-0.25, -0.2) is 17.5 Å². The molecule has 8 heteroatoms. The van der Waals surface area contributed by atoms with Crippen molar-refractivity contribution in [2.75, 3.05) is 14.2 Å². The smallest absolute Gasteiger partial charge is 0.251 e. The van der Waals surface area contributed by atoms with Crippen molar-refractivity contribution in [3.63, 3.8) is 0 Å². The van der Waals surface area contributed by atoms with Gasteiger partial charge in [-0.3, -0.25) is 4.79 Å². The molecule has 0 saturated heterocycles. The van der Waals surface area contributed by atoms with E-state index in [1.807, 2.05) is 0 Å². The summed E-state index contributed by atoms with van der Waals surface area (Å²) >= 11 is 0. The van der Waals surface area contributed by atoms with Crippen molar-refractivity contribution < 1.29 is 22.3 Å². The Bertz CT molecular complexity index is 884. The Hall–Kier alpha value is -2.45. The van der Waals surface area contributed by atoms with E-state index >= 15 is 0 Å². The summed E-state index contributed by atoms with van der Waals surface area (Å²) in [7, 11) is -0.977. The van der Waals surface area contributed by atoms with Gasteiger partial charge in [-0.15, -0.1) is 0 Å². The van der Waals surface area contributed by atoms with E-state index in [0.717, 1.165) is 0 Å². The number of rotatable bonds is 6. The summed E-state index contributed by atoms with van der Waals surface area (Å²) in [6.07, 6.45) is 0. The zero-order chi connectivity index (χ0) is 18.6. The lowest BCUT2D eigenvalue weighted by molar-refractivity contribution is 0.0939. The van der Waals surface area contributed by atoms with Crippen LogP contribution >= 0.6 is 0 Å². The van der Waals surface area contributed by atoms with Crippen LogP contribution in [0.1, 0.15) is 28.9 Å². The molecule has 0 unspecified atom stereocenters. The number of benzene rings is 2. The molecule has 0 saturated carbocycles. The van der Waals surface area contributed by atoms with E-state index in [1.165, 1.54) is 50.6 Å². The van der Waals surface area contributed by atoms with Crippen LogP contribution in [0.2, 0.25) is 0 Å². The van der Waals surface area contributed by atoms with Crippen molar-refractivity contribution in [3.05, 3.63) is 59.4 Å². The van der Waals surface area contributed by atoms with Crippen molar-refractivity contribution in [2.45, 2.75) is 17.9 Å². The predicted molar refractivity (Wildman–Crippen MR) is 91.5 cm³/mol. The van der Waals surface area contributed by atoms with Gasteiger partial charge in [0.15, 0.2) is 11.6 Å². The van der Waals surface area contributed by atoms with Gasteiger partial charge in [-0.2, -0.15) is 0 Å². The first kappa shape index (κ1) is 18.9. The van der Waals surface area contributed by atoms with Gasteiger partial charge < -0.3 is 10.1 Å². The summed E-state index contributed by atoms with van der Waals surface area (Å²) in [6, 6.07) is 9.60. The average Bonchev–Trinajstić information content (AvgIpc) is 2.61. The third-order valence-corrected chi connectivity index (χ3v) is 5.11. The number of methoxy groups -OCH3 is 1. The van der Waals surface area contributed by atoms with Crippen LogP contribution in [-0.4, -0.2) is 28.5 Å². The lowest BCUT2D eigenvalue weighted by Gasteiger charge is -2.15. The number of ether oxygens (including phenoxy) is 1. The minimum atomic E-state index is -3.64. The predicted octanol–water partition coefficient (Wildman–Crippen LogP) is 2.23. The van der Waals surface area contributed by atoms with Crippen LogP contribution in [0.15, 0.2) is 47.4 Å². The number of sulfonamides is 1. The van der Waals surface area contributed by atoms with Crippen LogP contribution < -0.4 is 14.8 Å². The van der Waals surface area contributed by atoms with Crippen molar-refractivity contribution in [1.29, 1.82) is 0 Å². The fourth-order valence-corrected chi connectivity index (χ4v) is 3.01. The van der Waals surface area contributed by atoms with Gasteiger partial charge in [0.05, 0.1) is 18.0 Å². The van der Waals surface area contributed by atoms with E-state index in [-0.39, 0.29) is 16.2 Å². The molecule has 0 aliphatic carbocycles. The van der Waals surface area contributed by atoms with Crippen LogP contribution in [0.4, 0.5) is 4.39 Å².